The number of nitrogens with zero attached hydrogens (tertiary/aromatic N) is 1. The predicted molar refractivity (Wildman–Crippen MR) is 101 cm³/mol. The Morgan fingerprint density at radius 2 is 1.97 bits per heavy atom. The lowest BCUT2D eigenvalue weighted by atomic mass is 10.1. The first-order chi connectivity index (χ1) is 13.7. The van der Waals surface area contributed by atoms with E-state index >= 15 is 0 Å². The first-order valence-corrected chi connectivity index (χ1v) is 11.2. The van der Waals surface area contributed by atoms with Crippen molar-refractivity contribution in [3.05, 3.63) is 29.3 Å². The van der Waals surface area contributed by atoms with Gasteiger partial charge in [-0.15, -0.1) is 0 Å². The molecule has 0 aliphatic carbocycles. The first-order valence-electron chi connectivity index (χ1n) is 8.68. The van der Waals surface area contributed by atoms with E-state index in [2.05, 4.69) is 0 Å². The molecular weight excluding hydrogens is 449 g/mol. The Labute approximate surface area is 174 Å². The van der Waals surface area contributed by atoms with Crippen molar-refractivity contribution in [2.24, 2.45) is 11.1 Å². The van der Waals surface area contributed by atoms with E-state index in [4.69, 9.17) is 10.2 Å². The molecular formula is C17H19F3N2O6S2. The Hall–Kier alpha value is -2.12. The number of carbonyl (C=O) groups is 3. The van der Waals surface area contributed by atoms with E-state index < -0.39 is 55.6 Å². The fourth-order valence-electron chi connectivity index (χ4n) is 3.04. The summed E-state index contributed by atoms with van der Waals surface area (Å²) in [5.74, 6) is -2.35. The molecule has 1 aliphatic heterocycles. The van der Waals surface area contributed by atoms with Crippen LogP contribution in [0.4, 0.5) is 13.2 Å². The average Bonchev–Trinajstić information content (AvgIpc) is 3.13. The number of carbonyl (C=O) groups excluding carboxylic acids is 2. The fourth-order valence-corrected chi connectivity index (χ4v) is 4.66. The van der Waals surface area contributed by atoms with Gasteiger partial charge in [-0.1, -0.05) is 18.7 Å². The first kappa shape index (κ1) is 24.2. The number of sulfonamides is 1. The molecule has 2 rings (SSSR count). The minimum absolute atomic E-state index is 0.0633. The lowest BCUT2D eigenvalue weighted by Crippen LogP contribution is -2.43. The third kappa shape index (κ3) is 5.52. The molecule has 1 aromatic rings. The van der Waals surface area contributed by atoms with Crippen molar-refractivity contribution < 1.29 is 41.1 Å². The van der Waals surface area contributed by atoms with E-state index in [1.807, 2.05) is 0 Å². The summed E-state index contributed by atoms with van der Waals surface area (Å²) in [6.07, 6.45) is -4.10. The van der Waals surface area contributed by atoms with Crippen LogP contribution in [0, 0.1) is 5.92 Å². The van der Waals surface area contributed by atoms with E-state index in [1.54, 1.807) is 0 Å². The number of benzene rings is 1. The van der Waals surface area contributed by atoms with Crippen molar-refractivity contribution in [2.45, 2.75) is 36.9 Å². The second-order valence-corrected chi connectivity index (χ2v) is 9.30. The van der Waals surface area contributed by atoms with Crippen LogP contribution in [0.25, 0.3) is 0 Å². The van der Waals surface area contributed by atoms with Crippen LogP contribution < -0.4 is 5.14 Å². The SMILES string of the molecule is C[C@H](CSC(=O)c1ccc(C(F)(F)F)c(S(N)(=O)=O)c1)C(=O)N1CCC[C@H]1C(=O)O. The second kappa shape index (κ2) is 8.94. The van der Waals surface area contributed by atoms with Crippen LogP contribution in [0.15, 0.2) is 23.1 Å². The van der Waals surface area contributed by atoms with Gasteiger partial charge in [0.05, 0.1) is 10.5 Å². The van der Waals surface area contributed by atoms with E-state index in [0.717, 1.165) is 6.07 Å². The van der Waals surface area contributed by atoms with Gasteiger partial charge in [0, 0.05) is 23.8 Å². The molecule has 30 heavy (non-hydrogen) atoms. The molecule has 13 heteroatoms. The standard InChI is InChI=1S/C17H19F3N2O6S2/c1-9(14(23)22-6-2-3-12(22)15(24)25)8-29-16(26)10-4-5-11(17(18,19)20)13(7-10)30(21,27)28/h4-5,7,9,12H,2-3,6,8H2,1H3,(H,24,25)(H2,21,27,28)/t9-,12+/m1/s1. The number of primary sulfonamides is 1. The summed E-state index contributed by atoms with van der Waals surface area (Å²) in [5, 5.41) is 13.3. The zero-order valence-corrected chi connectivity index (χ0v) is 17.3. The monoisotopic (exact) mass is 468 g/mol. The summed E-state index contributed by atoms with van der Waals surface area (Å²) in [7, 11) is -4.74. The van der Waals surface area contributed by atoms with Crippen molar-refractivity contribution in [3.63, 3.8) is 0 Å². The summed E-state index contributed by atoms with van der Waals surface area (Å²) in [6, 6.07) is 0.929. The predicted octanol–water partition coefficient (Wildman–Crippen LogP) is 1.94. The Morgan fingerprint density at radius 3 is 2.50 bits per heavy atom. The Bertz CT molecular complexity index is 965. The van der Waals surface area contributed by atoms with Crippen molar-refractivity contribution in [1.82, 2.24) is 4.90 Å². The highest BCUT2D eigenvalue weighted by Crippen LogP contribution is 2.35. The number of rotatable bonds is 6. The maximum absolute atomic E-state index is 13.0. The molecule has 1 aromatic carbocycles. The number of carboxylic acids is 1. The average molecular weight is 468 g/mol. The number of carboxylic acid groups (broad SMARTS) is 1. The number of alkyl halides is 3. The molecule has 3 N–H and O–H groups in total. The number of aliphatic carboxylic acids is 1. The molecule has 166 valence electrons. The summed E-state index contributed by atoms with van der Waals surface area (Å²) >= 11 is 0.616. The van der Waals surface area contributed by atoms with Crippen LogP contribution >= 0.6 is 11.8 Å². The maximum atomic E-state index is 13.0. The summed E-state index contributed by atoms with van der Waals surface area (Å²) in [4.78, 5) is 36.0. The van der Waals surface area contributed by atoms with Gasteiger partial charge in [0.15, 0.2) is 0 Å². The molecule has 0 aromatic heterocycles. The zero-order chi connectivity index (χ0) is 22.9. The number of amides is 1. The molecule has 0 radical (unpaired) electrons. The molecule has 0 bridgehead atoms. The van der Waals surface area contributed by atoms with Gasteiger partial charge in [-0.2, -0.15) is 13.2 Å². The molecule has 0 spiro atoms. The number of thioether (sulfide) groups is 1. The molecule has 8 nitrogen and oxygen atoms in total. The Balaban J connectivity index is 2.13. The number of hydrogen-bond acceptors (Lipinski definition) is 6. The van der Waals surface area contributed by atoms with Crippen LogP contribution in [0.1, 0.15) is 35.7 Å². The highest BCUT2D eigenvalue weighted by Gasteiger charge is 2.38. The van der Waals surface area contributed by atoms with Gasteiger partial charge in [-0.25, -0.2) is 18.4 Å². The third-order valence-electron chi connectivity index (χ3n) is 4.54. The highest BCUT2D eigenvalue weighted by molar-refractivity contribution is 8.14. The van der Waals surface area contributed by atoms with Crippen LogP contribution in [-0.4, -0.2) is 53.8 Å². The van der Waals surface area contributed by atoms with E-state index in [0.29, 0.717) is 36.7 Å². The van der Waals surface area contributed by atoms with Gasteiger partial charge in [0.1, 0.15) is 6.04 Å². The number of halogens is 3. The number of hydrogen-bond donors (Lipinski definition) is 2. The van der Waals surface area contributed by atoms with Crippen LogP contribution in [0.3, 0.4) is 0 Å². The molecule has 2 atom stereocenters. The second-order valence-electron chi connectivity index (χ2n) is 6.78. The fraction of sp³-hybridized carbons (Fsp3) is 0.471. The van der Waals surface area contributed by atoms with Crippen LogP contribution in [0.2, 0.25) is 0 Å². The number of nitrogens with two attached hydrogens (primary N) is 1. The molecule has 1 heterocycles. The Morgan fingerprint density at radius 1 is 1.33 bits per heavy atom. The van der Waals surface area contributed by atoms with Gasteiger partial charge >= 0.3 is 12.1 Å². The van der Waals surface area contributed by atoms with Gasteiger partial charge in [-0.3, -0.25) is 9.59 Å². The molecule has 1 amide bonds. The highest BCUT2D eigenvalue weighted by atomic mass is 32.2. The number of likely N-dealkylation sites (tertiary alicyclic amines) is 1. The molecule has 0 unspecified atom stereocenters. The third-order valence-corrected chi connectivity index (χ3v) is 6.65. The van der Waals surface area contributed by atoms with Crippen LogP contribution in [0.5, 0.6) is 0 Å². The molecule has 0 saturated carbocycles. The van der Waals surface area contributed by atoms with Gasteiger partial charge in [0.25, 0.3) is 0 Å². The Kier molecular flexibility index (Phi) is 7.20. The quantitative estimate of drug-likeness (QED) is 0.651. The normalized spacial score (nSPS) is 18.3. The van der Waals surface area contributed by atoms with Crippen molar-refractivity contribution >= 4 is 38.8 Å². The smallest absolute Gasteiger partial charge is 0.417 e. The zero-order valence-electron chi connectivity index (χ0n) is 15.7. The summed E-state index contributed by atoms with van der Waals surface area (Å²) < 4.78 is 62.0. The molecule has 1 fully saturated rings. The van der Waals surface area contributed by atoms with E-state index in [9.17, 15) is 36.0 Å². The van der Waals surface area contributed by atoms with E-state index in [-0.39, 0.29) is 17.9 Å². The lowest BCUT2D eigenvalue weighted by Gasteiger charge is -2.24. The lowest BCUT2D eigenvalue weighted by molar-refractivity contribution is -0.149. The minimum Gasteiger partial charge on any atom is -0.480 e. The summed E-state index contributed by atoms with van der Waals surface area (Å²) in [5.41, 5.74) is -1.80. The topological polar surface area (TPSA) is 135 Å². The van der Waals surface area contributed by atoms with Crippen molar-refractivity contribution in [2.75, 3.05) is 12.3 Å². The molecule has 1 aliphatic rings. The van der Waals surface area contributed by atoms with Crippen LogP contribution in [-0.2, 0) is 25.8 Å². The largest absolute Gasteiger partial charge is 0.480 e. The maximum Gasteiger partial charge on any atom is 0.417 e. The summed E-state index contributed by atoms with van der Waals surface area (Å²) in [6.45, 7) is 1.79. The van der Waals surface area contributed by atoms with Crippen molar-refractivity contribution in [3.8, 4) is 0 Å². The van der Waals surface area contributed by atoms with Crippen molar-refractivity contribution in [1.29, 1.82) is 0 Å². The van der Waals surface area contributed by atoms with Gasteiger partial charge < -0.3 is 10.0 Å². The van der Waals surface area contributed by atoms with E-state index in [1.165, 1.54) is 11.8 Å². The van der Waals surface area contributed by atoms with Gasteiger partial charge in [-0.05, 0) is 31.0 Å². The molecule has 1 saturated heterocycles. The minimum atomic E-state index is -4.98. The van der Waals surface area contributed by atoms with Gasteiger partial charge in [0.2, 0.25) is 21.0 Å².